The molecule has 0 saturated heterocycles. The van der Waals surface area contributed by atoms with E-state index < -0.39 is 0 Å². The average molecular weight is 211 g/mol. The quantitative estimate of drug-likeness (QED) is 0.679. The maximum absolute atomic E-state index is 5.56. The summed E-state index contributed by atoms with van der Waals surface area (Å²) in [6.07, 6.45) is 0.949. The first-order valence-electron chi connectivity index (χ1n) is 5.10. The van der Waals surface area contributed by atoms with Crippen LogP contribution < -0.4 is 0 Å². The summed E-state index contributed by atoms with van der Waals surface area (Å²) in [7, 11) is 0. The maximum Gasteiger partial charge on any atom is -0.0219 e. The standard InChI is InChI=1S/C12H17ClN/c1-4-12(14-13)11-7-5-6-10(8-11)9(2)3/h5-9,12H,4H2,1-3H3/q-1/t12-/m0/s1. The van der Waals surface area contributed by atoms with Crippen molar-refractivity contribution in [3.63, 3.8) is 0 Å². The molecule has 0 aliphatic carbocycles. The Kier molecular flexibility index (Phi) is 4.43. The number of hydrogen-bond acceptors (Lipinski definition) is 0. The van der Waals surface area contributed by atoms with Gasteiger partial charge in [-0.15, -0.1) is 0 Å². The third-order valence-electron chi connectivity index (χ3n) is 2.47. The van der Waals surface area contributed by atoms with Crippen molar-refractivity contribution < 1.29 is 0 Å². The minimum absolute atomic E-state index is 0.135. The normalized spacial score (nSPS) is 13.2. The van der Waals surface area contributed by atoms with E-state index in [0.29, 0.717) is 5.92 Å². The van der Waals surface area contributed by atoms with Crippen LogP contribution >= 0.6 is 11.8 Å². The number of benzene rings is 1. The van der Waals surface area contributed by atoms with E-state index in [9.17, 15) is 0 Å². The van der Waals surface area contributed by atoms with Crippen molar-refractivity contribution in [2.75, 3.05) is 0 Å². The van der Waals surface area contributed by atoms with E-state index in [-0.39, 0.29) is 6.04 Å². The Balaban J connectivity index is 2.92. The van der Waals surface area contributed by atoms with Gasteiger partial charge in [0.05, 0.1) is 0 Å². The number of hydrogen-bond donors (Lipinski definition) is 0. The fraction of sp³-hybridized carbons (Fsp3) is 0.500. The summed E-state index contributed by atoms with van der Waals surface area (Å²) in [6, 6.07) is 8.65. The zero-order valence-corrected chi connectivity index (χ0v) is 9.75. The van der Waals surface area contributed by atoms with Crippen LogP contribution in [0.2, 0.25) is 0 Å². The topological polar surface area (TPSA) is 14.1 Å². The van der Waals surface area contributed by atoms with Crippen LogP contribution in [-0.4, -0.2) is 0 Å². The molecule has 0 spiro atoms. The van der Waals surface area contributed by atoms with Gasteiger partial charge in [-0.1, -0.05) is 63.1 Å². The molecule has 1 aromatic carbocycles. The molecule has 0 aliphatic rings. The Morgan fingerprint density at radius 3 is 2.43 bits per heavy atom. The van der Waals surface area contributed by atoms with Crippen LogP contribution in [0.1, 0.15) is 50.3 Å². The summed E-state index contributed by atoms with van der Waals surface area (Å²) in [6.45, 7) is 6.48. The number of nitrogens with zero attached hydrogens (tertiary/aromatic N) is 1. The highest BCUT2D eigenvalue weighted by Gasteiger charge is 2.02. The van der Waals surface area contributed by atoms with Crippen molar-refractivity contribution in [1.29, 1.82) is 0 Å². The van der Waals surface area contributed by atoms with E-state index in [1.165, 1.54) is 11.1 Å². The Morgan fingerprint density at radius 2 is 1.93 bits per heavy atom. The Labute approximate surface area is 91.6 Å². The van der Waals surface area contributed by atoms with Crippen molar-refractivity contribution >= 4 is 11.8 Å². The number of rotatable bonds is 4. The lowest BCUT2D eigenvalue weighted by molar-refractivity contribution is 0.787. The minimum atomic E-state index is 0.135. The minimum Gasteiger partial charge on any atom is -0.569 e. The van der Waals surface area contributed by atoms with Gasteiger partial charge in [0, 0.05) is 0 Å². The van der Waals surface area contributed by atoms with Gasteiger partial charge in [0.25, 0.3) is 0 Å². The van der Waals surface area contributed by atoms with Crippen LogP contribution in [0.25, 0.3) is 4.84 Å². The fourth-order valence-corrected chi connectivity index (χ4v) is 1.74. The molecule has 1 nitrogen and oxygen atoms in total. The van der Waals surface area contributed by atoms with Crippen LogP contribution in [0, 0.1) is 0 Å². The van der Waals surface area contributed by atoms with Gasteiger partial charge in [-0.2, -0.15) is 0 Å². The van der Waals surface area contributed by atoms with Gasteiger partial charge in [0.1, 0.15) is 0 Å². The fourth-order valence-electron chi connectivity index (χ4n) is 1.49. The first-order chi connectivity index (χ1) is 6.69. The van der Waals surface area contributed by atoms with Crippen LogP contribution in [0.4, 0.5) is 0 Å². The van der Waals surface area contributed by atoms with Gasteiger partial charge < -0.3 is 4.84 Å². The third-order valence-corrected chi connectivity index (χ3v) is 2.70. The number of halogens is 1. The zero-order chi connectivity index (χ0) is 10.6. The summed E-state index contributed by atoms with van der Waals surface area (Å²) < 4.78 is 0. The van der Waals surface area contributed by atoms with Gasteiger partial charge >= 0.3 is 0 Å². The van der Waals surface area contributed by atoms with Gasteiger partial charge in [-0.05, 0) is 11.5 Å². The molecule has 2 heteroatoms. The first kappa shape index (κ1) is 11.5. The van der Waals surface area contributed by atoms with E-state index in [0.717, 1.165) is 6.42 Å². The largest absolute Gasteiger partial charge is 0.569 e. The van der Waals surface area contributed by atoms with Crippen molar-refractivity contribution in [3.05, 3.63) is 40.2 Å². The van der Waals surface area contributed by atoms with Crippen LogP contribution in [0.15, 0.2) is 24.3 Å². The smallest absolute Gasteiger partial charge is 0.0219 e. The monoisotopic (exact) mass is 210 g/mol. The molecule has 0 aliphatic heterocycles. The molecule has 0 N–H and O–H groups in total. The molecule has 0 aromatic heterocycles. The van der Waals surface area contributed by atoms with Gasteiger partial charge in [-0.3, -0.25) is 11.8 Å². The van der Waals surface area contributed by atoms with Crippen molar-refractivity contribution in [1.82, 2.24) is 0 Å². The summed E-state index contributed by atoms with van der Waals surface area (Å²) in [5, 5.41) is 0. The SMILES string of the molecule is CC[C@H]([N-]Cl)c1cccc(C(C)C)c1. The van der Waals surface area contributed by atoms with Crippen molar-refractivity contribution in [2.24, 2.45) is 0 Å². The van der Waals surface area contributed by atoms with E-state index in [4.69, 9.17) is 11.8 Å². The molecule has 0 fully saturated rings. The molecule has 78 valence electrons. The molecule has 14 heavy (non-hydrogen) atoms. The molecule has 0 radical (unpaired) electrons. The molecule has 1 aromatic rings. The van der Waals surface area contributed by atoms with Crippen molar-refractivity contribution in [3.8, 4) is 0 Å². The molecule has 0 bridgehead atoms. The second kappa shape index (κ2) is 5.38. The van der Waals surface area contributed by atoms with E-state index >= 15 is 0 Å². The molecular weight excluding hydrogens is 194 g/mol. The lowest BCUT2D eigenvalue weighted by atomic mass is 9.97. The van der Waals surface area contributed by atoms with Crippen LogP contribution in [0.3, 0.4) is 0 Å². The second-order valence-electron chi connectivity index (χ2n) is 3.85. The van der Waals surface area contributed by atoms with Crippen molar-refractivity contribution in [2.45, 2.75) is 39.2 Å². The molecule has 0 heterocycles. The lowest BCUT2D eigenvalue weighted by Crippen LogP contribution is -1.95. The van der Waals surface area contributed by atoms with E-state index in [1.54, 1.807) is 0 Å². The molecule has 0 saturated carbocycles. The Morgan fingerprint density at radius 1 is 1.29 bits per heavy atom. The Hall–Kier alpha value is -0.530. The molecule has 0 unspecified atom stereocenters. The third kappa shape index (κ3) is 2.73. The van der Waals surface area contributed by atoms with Crippen LogP contribution in [0.5, 0.6) is 0 Å². The van der Waals surface area contributed by atoms with E-state index in [1.807, 2.05) is 0 Å². The van der Waals surface area contributed by atoms with E-state index in [2.05, 4.69) is 49.9 Å². The molecule has 1 rings (SSSR count). The summed E-state index contributed by atoms with van der Waals surface area (Å²) >= 11 is 5.56. The predicted molar refractivity (Wildman–Crippen MR) is 62.8 cm³/mol. The van der Waals surface area contributed by atoms with Gasteiger partial charge in [0.2, 0.25) is 0 Å². The molecular formula is C12H17ClN-. The highest BCUT2D eigenvalue weighted by Crippen LogP contribution is 2.29. The second-order valence-corrected chi connectivity index (χ2v) is 4.04. The molecule has 1 atom stereocenters. The summed E-state index contributed by atoms with van der Waals surface area (Å²) in [4.78, 5) is 3.85. The first-order valence-corrected chi connectivity index (χ1v) is 5.43. The molecule has 0 amide bonds. The lowest BCUT2D eigenvalue weighted by Gasteiger charge is -2.25. The maximum atomic E-state index is 5.56. The highest BCUT2D eigenvalue weighted by molar-refractivity contribution is 6.25. The van der Waals surface area contributed by atoms with Gasteiger partial charge in [-0.25, -0.2) is 0 Å². The Bertz CT molecular complexity index is 279. The van der Waals surface area contributed by atoms with Crippen LogP contribution in [-0.2, 0) is 0 Å². The summed E-state index contributed by atoms with van der Waals surface area (Å²) in [5.41, 5.74) is 2.56. The summed E-state index contributed by atoms with van der Waals surface area (Å²) in [5.74, 6) is 0.558. The highest BCUT2D eigenvalue weighted by atomic mass is 35.5. The predicted octanol–water partition coefficient (Wildman–Crippen LogP) is 4.79. The average Bonchev–Trinajstić information content (AvgIpc) is 2.20. The zero-order valence-electron chi connectivity index (χ0n) is 9.00. The van der Waals surface area contributed by atoms with Gasteiger partial charge in [0.15, 0.2) is 0 Å².